The van der Waals surface area contributed by atoms with Crippen molar-refractivity contribution >= 4 is 21.4 Å². The van der Waals surface area contributed by atoms with Gasteiger partial charge in [-0.25, -0.2) is 8.42 Å². The first-order valence-electron chi connectivity index (χ1n) is 9.24. The van der Waals surface area contributed by atoms with E-state index in [1.807, 2.05) is 24.3 Å². The largest absolute Gasteiger partial charge is 0.382 e. The van der Waals surface area contributed by atoms with Gasteiger partial charge in [0.1, 0.15) is 0 Å². The number of benzene rings is 2. The minimum absolute atomic E-state index is 0.00211. The fourth-order valence-electron chi connectivity index (χ4n) is 3.29. The number of rotatable bonds is 5. The van der Waals surface area contributed by atoms with Crippen LogP contribution in [0.2, 0.25) is 0 Å². The van der Waals surface area contributed by atoms with Gasteiger partial charge in [-0.1, -0.05) is 45.7 Å². The van der Waals surface area contributed by atoms with Gasteiger partial charge in [0, 0.05) is 17.4 Å². The zero-order valence-corrected chi connectivity index (χ0v) is 16.6. The van der Waals surface area contributed by atoms with E-state index in [0.717, 1.165) is 11.3 Å². The smallest absolute Gasteiger partial charge is 0.261 e. The lowest BCUT2D eigenvalue weighted by molar-refractivity contribution is 0.587. The highest BCUT2D eigenvalue weighted by atomic mass is 32.2. The maximum Gasteiger partial charge on any atom is 0.261 e. The maximum absolute atomic E-state index is 12.6. The Bertz CT molecular complexity index is 829. The molecule has 2 N–H and O–H groups in total. The second kappa shape index (κ2) is 7.31. The average Bonchev–Trinajstić information content (AvgIpc) is 3.09. The van der Waals surface area contributed by atoms with Crippen LogP contribution in [-0.4, -0.2) is 14.5 Å². The molecule has 0 heterocycles. The topological polar surface area (TPSA) is 58.2 Å². The molecule has 2 aromatic carbocycles. The normalized spacial score (nSPS) is 15.8. The number of hydrogen-bond donors (Lipinski definition) is 2. The molecule has 5 heteroatoms. The summed E-state index contributed by atoms with van der Waals surface area (Å²) in [6.07, 6.45) is 4.98. The fraction of sp³-hybridized carbons (Fsp3) is 0.429. The highest BCUT2D eigenvalue weighted by Gasteiger charge is 2.18. The summed E-state index contributed by atoms with van der Waals surface area (Å²) in [6.45, 7) is 6.32. The Morgan fingerprint density at radius 3 is 1.92 bits per heavy atom. The summed E-state index contributed by atoms with van der Waals surface area (Å²) in [7, 11) is -3.58. The highest BCUT2D eigenvalue weighted by Crippen LogP contribution is 2.26. The molecule has 1 aliphatic rings. The van der Waals surface area contributed by atoms with Crippen LogP contribution in [0.3, 0.4) is 0 Å². The Morgan fingerprint density at radius 1 is 0.846 bits per heavy atom. The maximum atomic E-state index is 12.6. The number of nitrogens with one attached hydrogen (secondary N) is 2. The van der Waals surface area contributed by atoms with Gasteiger partial charge in [-0.2, -0.15) is 0 Å². The van der Waals surface area contributed by atoms with Crippen LogP contribution in [0.5, 0.6) is 0 Å². The Labute approximate surface area is 157 Å². The zero-order chi connectivity index (χ0) is 18.8. The third-order valence-corrected chi connectivity index (χ3v) is 6.29. The Hall–Kier alpha value is -2.01. The minimum Gasteiger partial charge on any atom is -0.382 e. The van der Waals surface area contributed by atoms with Crippen molar-refractivity contribution in [2.24, 2.45) is 0 Å². The summed E-state index contributed by atoms with van der Waals surface area (Å²) in [5.41, 5.74) is 2.72. The van der Waals surface area contributed by atoms with Gasteiger partial charge in [0.25, 0.3) is 10.0 Å². The van der Waals surface area contributed by atoms with Crippen molar-refractivity contribution in [2.45, 2.75) is 62.8 Å². The van der Waals surface area contributed by atoms with Crippen LogP contribution in [0.1, 0.15) is 52.0 Å². The molecule has 0 atom stereocenters. The molecule has 3 rings (SSSR count). The molecule has 0 amide bonds. The first-order chi connectivity index (χ1) is 12.2. The van der Waals surface area contributed by atoms with Crippen LogP contribution in [0, 0.1) is 0 Å². The standard InChI is InChI=1S/C21H28N2O2S/c1-21(2,3)16-8-14-20(15-9-16)26(24,25)23-19-12-10-18(11-13-19)22-17-6-4-5-7-17/h8-15,17,22-23H,4-7H2,1-3H3. The van der Waals surface area contributed by atoms with Crippen molar-refractivity contribution in [3.63, 3.8) is 0 Å². The third-order valence-electron chi connectivity index (χ3n) is 4.89. The van der Waals surface area contributed by atoms with Crippen molar-refractivity contribution in [3.05, 3.63) is 54.1 Å². The van der Waals surface area contributed by atoms with E-state index in [1.54, 1.807) is 24.3 Å². The van der Waals surface area contributed by atoms with Crippen molar-refractivity contribution in [2.75, 3.05) is 10.0 Å². The summed E-state index contributed by atoms with van der Waals surface area (Å²) in [5.74, 6) is 0. The molecule has 1 fully saturated rings. The fourth-order valence-corrected chi connectivity index (χ4v) is 4.35. The van der Waals surface area contributed by atoms with E-state index in [4.69, 9.17) is 0 Å². The molecule has 0 radical (unpaired) electrons. The van der Waals surface area contributed by atoms with Crippen LogP contribution in [0.4, 0.5) is 11.4 Å². The van der Waals surface area contributed by atoms with Crippen molar-refractivity contribution in [1.82, 2.24) is 0 Å². The van der Waals surface area contributed by atoms with E-state index in [0.29, 0.717) is 11.7 Å². The first-order valence-corrected chi connectivity index (χ1v) is 10.7. The zero-order valence-electron chi connectivity index (χ0n) is 15.7. The van der Waals surface area contributed by atoms with Gasteiger partial charge in [-0.05, 0) is 60.2 Å². The first kappa shape index (κ1) is 18.8. The molecule has 2 aromatic rings. The van der Waals surface area contributed by atoms with Crippen molar-refractivity contribution < 1.29 is 8.42 Å². The van der Waals surface area contributed by atoms with Crippen molar-refractivity contribution in [1.29, 1.82) is 0 Å². The molecule has 1 saturated carbocycles. The molecule has 0 unspecified atom stereocenters. The highest BCUT2D eigenvalue weighted by molar-refractivity contribution is 7.92. The lowest BCUT2D eigenvalue weighted by atomic mass is 9.87. The van der Waals surface area contributed by atoms with Gasteiger partial charge in [0.2, 0.25) is 0 Å². The van der Waals surface area contributed by atoms with Gasteiger partial charge in [0.05, 0.1) is 4.90 Å². The van der Waals surface area contributed by atoms with Gasteiger partial charge in [-0.3, -0.25) is 4.72 Å². The molecular formula is C21H28N2O2S. The van der Waals surface area contributed by atoms with E-state index in [2.05, 4.69) is 30.8 Å². The minimum atomic E-state index is -3.58. The Morgan fingerprint density at radius 2 is 1.38 bits per heavy atom. The van der Waals surface area contributed by atoms with E-state index in [1.165, 1.54) is 25.7 Å². The van der Waals surface area contributed by atoms with Gasteiger partial charge >= 0.3 is 0 Å². The Kier molecular flexibility index (Phi) is 5.28. The number of anilines is 2. The van der Waals surface area contributed by atoms with E-state index in [-0.39, 0.29) is 10.3 Å². The number of hydrogen-bond acceptors (Lipinski definition) is 3. The van der Waals surface area contributed by atoms with Crippen LogP contribution >= 0.6 is 0 Å². The van der Waals surface area contributed by atoms with E-state index >= 15 is 0 Å². The molecular weight excluding hydrogens is 344 g/mol. The van der Waals surface area contributed by atoms with Gasteiger partial charge < -0.3 is 5.32 Å². The van der Waals surface area contributed by atoms with Crippen LogP contribution in [0.15, 0.2) is 53.4 Å². The van der Waals surface area contributed by atoms with Gasteiger partial charge in [0.15, 0.2) is 0 Å². The average molecular weight is 373 g/mol. The summed E-state index contributed by atoms with van der Waals surface area (Å²) in [6, 6.07) is 15.1. The second-order valence-electron chi connectivity index (χ2n) is 8.08. The molecule has 140 valence electrons. The Balaban J connectivity index is 1.68. The molecule has 26 heavy (non-hydrogen) atoms. The summed E-state index contributed by atoms with van der Waals surface area (Å²) in [4.78, 5) is 0.277. The molecule has 1 aliphatic carbocycles. The molecule has 0 bridgehead atoms. The van der Waals surface area contributed by atoms with Crippen LogP contribution in [-0.2, 0) is 15.4 Å². The third kappa shape index (κ3) is 4.58. The predicted molar refractivity (Wildman–Crippen MR) is 108 cm³/mol. The van der Waals surface area contributed by atoms with E-state index in [9.17, 15) is 8.42 Å². The van der Waals surface area contributed by atoms with Crippen molar-refractivity contribution in [3.8, 4) is 0 Å². The van der Waals surface area contributed by atoms with Crippen LogP contribution < -0.4 is 10.0 Å². The summed E-state index contributed by atoms with van der Waals surface area (Å²) >= 11 is 0. The molecule has 0 saturated heterocycles. The molecule has 0 spiro atoms. The monoisotopic (exact) mass is 372 g/mol. The quantitative estimate of drug-likeness (QED) is 0.764. The molecule has 0 aliphatic heterocycles. The lowest BCUT2D eigenvalue weighted by Crippen LogP contribution is -2.15. The predicted octanol–water partition coefficient (Wildman–Crippen LogP) is 5.14. The SMILES string of the molecule is CC(C)(C)c1ccc(S(=O)(=O)Nc2ccc(NC3CCCC3)cc2)cc1. The summed E-state index contributed by atoms with van der Waals surface area (Å²) in [5, 5.41) is 3.51. The molecule has 4 nitrogen and oxygen atoms in total. The lowest BCUT2D eigenvalue weighted by Gasteiger charge is -2.19. The van der Waals surface area contributed by atoms with Crippen LogP contribution in [0.25, 0.3) is 0 Å². The molecule has 0 aromatic heterocycles. The number of sulfonamides is 1. The summed E-state index contributed by atoms with van der Waals surface area (Å²) < 4.78 is 27.9. The van der Waals surface area contributed by atoms with Gasteiger partial charge in [-0.15, -0.1) is 0 Å². The second-order valence-corrected chi connectivity index (χ2v) is 9.77. The van der Waals surface area contributed by atoms with E-state index < -0.39 is 10.0 Å².